The van der Waals surface area contributed by atoms with Gasteiger partial charge in [0.25, 0.3) is 0 Å². The number of carboxylic acids is 1. The summed E-state index contributed by atoms with van der Waals surface area (Å²) < 4.78 is 0. The standard InChI is InChI=1S/C14H17N3O2/c18-14(19)9-13-15-11-5-4-10(8-12(11)16-13)17-6-2-1-3-7-17/h4-5,8H,1-3,6-7,9H2,(H,15,16)(H,18,19). The molecule has 1 aliphatic heterocycles. The Hall–Kier alpha value is -2.04. The summed E-state index contributed by atoms with van der Waals surface area (Å²) in [5, 5.41) is 8.78. The normalized spacial score (nSPS) is 15.9. The van der Waals surface area contributed by atoms with Gasteiger partial charge in [-0.15, -0.1) is 0 Å². The summed E-state index contributed by atoms with van der Waals surface area (Å²) in [7, 11) is 0. The number of carboxylic acid groups (broad SMARTS) is 1. The second-order valence-electron chi connectivity index (χ2n) is 5.00. The summed E-state index contributed by atoms with van der Waals surface area (Å²) in [6.07, 6.45) is 3.73. The Balaban J connectivity index is 1.89. The minimum absolute atomic E-state index is 0.0618. The van der Waals surface area contributed by atoms with E-state index >= 15 is 0 Å². The van der Waals surface area contributed by atoms with Crippen LogP contribution in [0.15, 0.2) is 18.2 Å². The third-order valence-electron chi connectivity index (χ3n) is 3.55. The lowest BCUT2D eigenvalue weighted by Gasteiger charge is -2.28. The van der Waals surface area contributed by atoms with Crippen LogP contribution in [0.2, 0.25) is 0 Å². The summed E-state index contributed by atoms with van der Waals surface area (Å²) in [4.78, 5) is 20.4. The van der Waals surface area contributed by atoms with E-state index in [0.717, 1.165) is 24.1 Å². The molecule has 5 heteroatoms. The van der Waals surface area contributed by atoms with Gasteiger partial charge in [-0.25, -0.2) is 4.98 Å². The maximum absolute atomic E-state index is 10.7. The maximum atomic E-state index is 10.7. The highest BCUT2D eigenvalue weighted by Crippen LogP contribution is 2.23. The molecule has 19 heavy (non-hydrogen) atoms. The fourth-order valence-corrected chi connectivity index (χ4v) is 2.63. The summed E-state index contributed by atoms with van der Waals surface area (Å²) in [5.74, 6) is -0.353. The predicted molar refractivity (Wildman–Crippen MR) is 73.5 cm³/mol. The minimum atomic E-state index is -0.865. The summed E-state index contributed by atoms with van der Waals surface area (Å²) in [6, 6.07) is 6.10. The zero-order chi connectivity index (χ0) is 13.2. The Morgan fingerprint density at radius 1 is 1.32 bits per heavy atom. The number of benzene rings is 1. The SMILES string of the molecule is O=C(O)Cc1nc2ccc(N3CCCCC3)cc2[nH]1. The van der Waals surface area contributed by atoms with E-state index in [9.17, 15) is 4.79 Å². The van der Waals surface area contributed by atoms with Gasteiger partial charge >= 0.3 is 5.97 Å². The van der Waals surface area contributed by atoms with Crippen molar-refractivity contribution in [1.29, 1.82) is 0 Å². The Morgan fingerprint density at radius 2 is 2.11 bits per heavy atom. The number of piperidine rings is 1. The first-order chi connectivity index (χ1) is 9.22. The molecule has 1 aliphatic rings. The molecule has 1 saturated heterocycles. The molecule has 2 aromatic rings. The molecule has 1 aromatic heterocycles. The van der Waals surface area contributed by atoms with Crippen molar-refractivity contribution in [3.8, 4) is 0 Å². The van der Waals surface area contributed by atoms with Gasteiger partial charge in [0.2, 0.25) is 0 Å². The number of aliphatic carboxylic acids is 1. The Kier molecular flexibility index (Phi) is 3.11. The van der Waals surface area contributed by atoms with E-state index in [1.165, 1.54) is 24.9 Å². The molecule has 1 aromatic carbocycles. The highest BCUT2D eigenvalue weighted by molar-refractivity contribution is 5.80. The molecule has 1 fully saturated rings. The quantitative estimate of drug-likeness (QED) is 0.886. The van der Waals surface area contributed by atoms with E-state index in [4.69, 9.17) is 5.11 Å². The lowest BCUT2D eigenvalue weighted by atomic mass is 10.1. The van der Waals surface area contributed by atoms with Gasteiger partial charge in [-0.05, 0) is 37.5 Å². The molecule has 0 saturated carbocycles. The van der Waals surface area contributed by atoms with Crippen molar-refractivity contribution in [3.05, 3.63) is 24.0 Å². The topological polar surface area (TPSA) is 69.2 Å². The first kappa shape index (κ1) is 12.0. The van der Waals surface area contributed by atoms with Crippen LogP contribution in [0, 0.1) is 0 Å². The van der Waals surface area contributed by atoms with Crippen molar-refractivity contribution < 1.29 is 9.90 Å². The third kappa shape index (κ3) is 2.54. The van der Waals surface area contributed by atoms with Crippen molar-refractivity contribution in [3.63, 3.8) is 0 Å². The average Bonchev–Trinajstić information content (AvgIpc) is 2.79. The van der Waals surface area contributed by atoms with E-state index in [1.807, 2.05) is 6.07 Å². The molecule has 2 heterocycles. The van der Waals surface area contributed by atoms with Gasteiger partial charge in [0.05, 0.1) is 11.0 Å². The van der Waals surface area contributed by atoms with Crippen molar-refractivity contribution in [1.82, 2.24) is 9.97 Å². The first-order valence-corrected chi connectivity index (χ1v) is 6.68. The minimum Gasteiger partial charge on any atom is -0.481 e. The molecule has 5 nitrogen and oxygen atoms in total. The third-order valence-corrected chi connectivity index (χ3v) is 3.55. The molecule has 2 N–H and O–H groups in total. The monoisotopic (exact) mass is 259 g/mol. The van der Waals surface area contributed by atoms with E-state index in [2.05, 4.69) is 27.0 Å². The van der Waals surface area contributed by atoms with Crippen molar-refractivity contribution in [2.24, 2.45) is 0 Å². The second kappa shape index (κ2) is 4.91. The fourth-order valence-electron chi connectivity index (χ4n) is 2.63. The number of carbonyl (C=O) groups is 1. The van der Waals surface area contributed by atoms with Crippen LogP contribution in [0.1, 0.15) is 25.1 Å². The number of anilines is 1. The van der Waals surface area contributed by atoms with Crippen molar-refractivity contribution in [2.45, 2.75) is 25.7 Å². The van der Waals surface area contributed by atoms with E-state index < -0.39 is 5.97 Å². The Morgan fingerprint density at radius 3 is 2.84 bits per heavy atom. The summed E-state index contributed by atoms with van der Waals surface area (Å²) in [6.45, 7) is 2.20. The number of hydrogen-bond donors (Lipinski definition) is 2. The van der Waals surface area contributed by atoms with Crippen LogP contribution in [0.3, 0.4) is 0 Å². The van der Waals surface area contributed by atoms with Gasteiger partial charge in [0.1, 0.15) is 12.2 Å². The van der Waals surface area contributed by atoms with Crippen LogP contribution in [0.25, 0.3) is 11.0 Å². The zero-order valence-electron chi connectivity index (χ0n) is 10.7. The molecular weight excluding hydrogens is 242 g/mol. The number of fused-ring (bicyclic) bond motifs is 1. The smallest absolute Gasteiger partial charge is 0.311 e. The number of aromatic nitrogens is 2. The average molecular weight is 259 g/mol. The summed E-state index contributed by atoms with van der Waals surface area (Å²) >= 11 is 0. The number of rotatable bonds is 3. The highest BCUT2D eigenvalue weighted by atomic mass is 16.4. The molecule has 0 unspecified atom stereocenters. The first-order valence-electron chi connectivity index (χ1n) is 6.68. The molecule has 0 bridgehead atoms. The molecule has 100 valence electrons. The maximum Gasteiger partial charge on any atom is 0.311 e. The lowest BCUT2D eigenvalue weighted by molar-refractivity contribution is -0.136. The molecule has 0 aliphatic carbocycles. The van der Waals surface area contributed by atoms with Crippen LogP contribution >= 0.6 is 0 Å². The van der Waals surface area contributed by atoms with Gasteiger partial charge in [0, 0.05) is 18.8 Å². The second-order valence-corrected chi connectivity index (χ2v) is 5.00. The largest absolute Gasteiger partial charge is 0.481 e. The van der Waals surface area contributed by atoms with Crippen molar-refractivity contribution in [2.75, 3.05) is 18.0 Å². The van der Waals surface area contributed by atoms with Crippen molar-refractivity contribution >= 4 is 22.7 Å². The van der Waals surface area contributed by atoms with Gasteiger partial charge in [-0.3, -0.25) is 4.79 Å². The predicted octanol–water partition coefficient (Wildman–Crippen LogP) is 2.18. The molecule has 0 amide bonds. The molecule has 3 rings (SSSR count). The number of H-pyrrole nitrogens is 1. The lowest BCUT2D eigenvalue weighted by Crippen LogP contribution is -2.29. The Bertz CT molecular complexity index is 600. The molecule has 0 spiro atoms. The van der Waals surface area contributed by atoms with Crippen LogP contribution in [-0.4, -0.2) is 34.1 Å². The number of nitrogens with zero attached hydrogens (tertiary/aromatic N) is 2. The van der Waals surface area contributed by atoms with Gasteiger partial charge in [-0.2, -0.15) is 0 Å². The number of hydrogen-bond acceptors (Lipinski definition) is 3. The number of imidazole rings is 1. The van der Waals surface area contributed by atoms with Gasteiger partial charge < -0.3 is 15.0 Å². The number of nitrogens with one attached hydrogen (secondary N) is 1. The summed E-state index contributed by atoms with van der Waals surface area (Å²) in [5.41, 5.74) is 2.94. The fraction of sp³-hybridized carbons (Fsp3) is 0.429. The van der Waals surface area contributed by atoms with Crippen LogP contribution in [0.5, 0.6) is 0 Å². The number of aromatic amines is 1. The van der Waals surface area contributed by atoms with Crippen LogP contribution < -0.4 is 4.90 Å². The highest BCUT2D eigenvalue weighted by Gasteiger charge is 2.13. The molecule has 0 radical (unpaired) electrons. The van der Waals surface area contributed by atoms with Crippen LogP contribution in [-0.2, 0) is 11.2 Å². The van der Waals surface area contributed by atoms with Gasteiger partial charge in [-0.1, -0.05) is 0 Å². The Labute approximate surface area is 111 Å². The van der Waals surface area contributed by atoms with Crippen LogP contribution in [0.4, 0.5) is 5.69 Å². The zero-order valence-corrected chi connectivity index (χ0v) is 10.7. The van der Waals surface area contributed by atoms with Gasteiger partial charge in [0.15, 0.2) is 0 Å². The van der Waals surface area contributed by atoms with E-state index in [1.54, 1.807) is 0 Å². The molecular formula is C14H17N3O2. The van der Waals surface area contributed by atoms with E-state index in [-0.39, 0.29) is 6.42 Å². The van der Waals surface area contributed by atoms with E-state index in [0.29, 0.717) is 5.82 Å². The molecule has 0 atom stereocenters.